The van der Waals surface area contributed by atoms with Crippen molar-refractivity contribution >= 4 is 17.1 Å². The molecule has 0 spiro atoms. The number of anilines is 1. The molecule has 0 saturated carbocycles. The van der Waals surface area contributed by atoms with Gasteiger partial charge in [-0.3, -0.25) is 14.3 Å². The van der Waals surface area contributed by atoms with Crippen molar-refractivity contribution < 1.29 is 0 Å². The van der Waals surface area contributed by atoms with Crippen LogP contribution in [0.2, 0.25) is 0 Å². The standard InChI is InChI=1S/C24H19N5O/c25-23-27-21-20(22(30)28-23)26-16-29(21)24(17-10-4-1-5-11-17,18-12-6-2-7-13-18)19-14-8-3-9-15-19/h1-16H,(H3,25,27,28,30)/i20+1,21+1,26+1. The SMILES string of the molecule is Nc1n[13c]2[13c]([15n]cn2C(c2ccccc2)(c2ccccc2)c2ccccc2)c(=O)[nH]1. The summed E-state index contributed by atoms with van der Waals surface area (Å²) in [5.74, 6) is 0.0531. The fourth-order valence-corrected chi connectivity index (χ4v) is 4.13. The second-order valence-corrected chi connectivity index (χ2v) is 7.05. The summed E-state index contributed by atoms with van der Waals surface area (Å²) < 4.78 is 1.94. The number of benzene rings is 3. The molecule has 2 heterocycles. The van der Waals surface area contributed by atoms with Crippen molar-refractivity contribution in [3.05, 3.63) is 124 Å². The maximum Gasteiger partial charge on any atom is 0.280 e. The largest absolute Gasteiger partial charge is 0.369 e. The van der Waals surface area contributed by atoms with Gasteiger partial charge >= 0.3 is 0 Å². The predicted molar refractivity (Wildman–Crippen MR) is 117 cm³/mol. The van der Waals surface area contributed by atoms with E-state index in [1.807, 2.05) is 59.2 Å². The van der Waals surface area contributed by atoms with Gasteiger partial charge in [-0.2, -0.15) is 4.98 Å². The predicted octanol–water partition coefficient (Wildman–Crippen LogP) is 3.54. The summed E-state index contributed by atoms with van der Waals surface area (Å²) in [5, 5.41) is 0. The lowest BCUT2D eigenvalue weighted by atomic mass is 9.77. The lowest BCUT2D eigenvalue weighted by Crippen LogP contribution is -2.37. The van der Waals surface area contributed by atoms with Crippen molar-refractivity contribution in [2.45, 2.75) is 5.54 Å². The summed E-state index contributed by atoms with van der Waals surface area (Å²) in [5.41, 5.74) is 8.46. The third-order valence-electron chi connectivity index (χ3n) is 5.36. The molecule has 0 aliphatic heterocycles. The zero-order valence-corrected chi connectivity index (χ0v) is 16.1. The summed E-state index contributed by atoms with van der Waals surface area (Å²) in [7, 11) is 0. The van der Waals surface area contributed by atoms with Crippen LogP contribution in [0.4, 0.5) is 5.95 Å². The van der Waals surface area contributed by atoms with Crippen LogP contribution in [0.25, 0.3) is 11.2 Å². The third kappa shape index (κ3) is 2.62. The molecule has 3 aromatic carbocycles. The topological polar surface area (TPSA) is 89.6 Å². The van der Waals surface area contributed by atoms with E-state index < -0.39 is 5.54 Å². The lowest BCUT2D eigenvalue weighted by molar-refractivity contribution is 0.526. The molecule has 0 fully saturated rings. The number of rotatable bonds is 4. The molecule has 2 aromatic heterocycles. The van der Waals surface area contributed by atoms with Gasteiger partial charge in [0.1, 0.15) is 5.54 Å². The van der Waals surface area contributed by atoms with E-state index in [0.29, 0.717) is 5.65 Å². The van der Waals surface area contributed by atoms with Crippen LogP contribution in [0.5, 0.6) is 0 Å². The molecule has 0 radical (unpaired) electrons. The number of aromatic nitrogens is 4. The molecule has 0 saturated heterocycles. The molecular weight excluding hydrogens is 377 g/mol. The molecule has 5 aromatic rings. The number of H-pyrrole nitrogens is 1. The first-order chi connectivity index (χ1) is 14.7. The molecule has 5 rings (SSSR count). The van der Waals surface area contributed by atoms with Gasteiger partial charge in [0.2, 0.25) is 5.95 Å². The van der Waals surface area contributed by atoms with Gasteiger partial charge in [0.05, 0.1) is 6.33 Å². The summed E-state index contributed by atoms with van der Waals surface area (Å²) in [4.78, 5) is 23.9. The Kier molecular flexibility index (Phi) is 4.17. The van der Waals surface area contributed by atoms with E-state index in [4.69, 9.17) is 5.73 Å². The molecule has 0 atom stereocenters. The number of nitrogens with zero attached hydrogens (tertiary/aromatic N) is 3. The molecule has 3 N–H and O–H groups in total. The fraction of sp³-hybridized carbons (Fsp3) is 0.0417. The average Bonchev–Trinajstić information content (AvgIpc) is 3.21. The second-order valence-electron chi connectivity index (χ2n) is 7.05. The first-order valence-corrected chi connectivity index (χ1v) is 9.61. The molecule has 6 nitrogen and oxygen atoms in total. The Bertz CT molecular complexity index is 1260. The minimum absolute atomic E-state index is 0.0531. The van der Waals surface area contributed by atoms with Gasteiger partial charge in [0, 0.05) is 0 Å². The highest BCUT2D eigenvalue weighted by molar-refractivity contribution is 5.73. The number of hydrogen-bond donors (Lipinski definition) is 2. The summed E-state index contributed by atoms with van der Waals surface area (Å²) in [6.07, 6.45) is 1.67. The monoisotopic (exact) mass is 396 g/mol. The smallest absolute Gasteiger partial charge is 0.280 e. The number of nitrogens with two attached hydrogens (primary N) is 1. The molecule has 30 heavy (non-hydrogen) atoms. The van der Waals surface area contributed by atoms with Crippen LogP contribution in [-0.2, 0) is 5.54 Å². The molecular formula is C24H19N5O. The number of aromatic amines is 1. The Morgan fingerprint density at radius 2 is 1.23 bits per heavy atom. The van der Waals surface area contributed by atoms with Crippen LogP contribution in [0.3, 0.4) is 0 Å². The summed E-state index contributed by atoms with van der Waals surface area (Å²) in [6, 6.07) is 30.4. The molecule has 0 amide bonds. The molecule has 6 heteroatoms. The lowest BCUT2D eigenvalue weighted by Gasteiger charge is -2.37. The minimum Gasteiger partial charge on any atom is -0.369 e. The van der Waals surface area contributed by atoms with E-state index in [9.17, 15) is 4.79 Å². The normalized spacial score (nSPS) is 11.6. The van der Waals surface area contributed by atoms with E-state index in [-0.39, 0.29) is 17.0 Å². The maximum absolute atomic E-state index is 12.5. The van der Waals surface area contributed by atoms with E-state index >= 15 is 0 Å². The number of nitrogens with one attached hydrogen (secondary N) is 1. The average molecular weight is 396 g/mol. The van der Waals surface area contributed by atoms with Crippen LogP contribution < -0.4 is 11.3 Å². The van der Waals surface area contributed by atoms with Crippen molar-refractivity contribution in [3.8, 4) is 0 Å². The third-order valence-corrected chi connectivity index (χ3v) is 5.36. The highest BCUT2D eigenvalue weighted by atomic mass is 16.1. The number of fused-ring (bicyclic) bond motifs is 1. The van der Waals surface area contributed by atoms with Crippen molar-refractivity contribution in [2.24, 2.45) is 0 Å². The zero-order valence-electron chi connectivity index (χ0n) is 16.1. The number of hydrogen-bond acceptors (Lipinski definition) is 4. The Morgan fingerprint density at radius 1 is 0.767 bits per heavy atom. The molecule has 0 aliphatic carbocycles. The van der Waals surface area contributed by atoms with Gasteiger partial charge in [-0.1, -0.05) is 91.0 Å². The Morgan fingerprint density at radius 3 is 1.70 bits per heavy atom. The Labute approximate surface area is 172 Å². The quantitative estimate of drug-likeness (QED) is 0.455. The summed E-state index contributed by atoms with van der Waals surface area (Å²) in [6.45, 7) is 0. The van der Waals surface area contributed by atoms with Crippen molar-refractivity contribution in [3.63, 3.8) is 0 Å². The molecule has 0 aliphatic rings. The van der Waals surface area contributed by atoms with Gasteiger partial charge < -0.3 is 5.73 Å². The van der Waals surface area contributed by atoms with Crippen molar-refractivity contribution in [1.29, 1.82) is 0 Å². The van der Waals surface area contributed by atoms with Crippen LogP contribution >= 0.6 is 0 Å². The molecule has 146 valence electrons. The number of nitrogen functional groups attached to an aromatic ring is 1. The zero-order chi connectivity index (χ0) is 20.6. The van der Waals surface area contributed by atoms with E-state index in [1.165, 1.54) is 0 Å². The van der Waals surface area contributed by atoms with Crippen LogP contribution in [0.1, 0.15) is 16.7 Å². The van der Waals surface area contributed by atoms with Crippen LogP contribution in [0.15, 0.2) is 102 Å². The molecule has 0 bridgehead atoms. The first kappa shape index (κ1) is 17.9. The van der Waals surface area contributed by atoms with E-state index in [0.717, 1.165) is 16.7 Å². The van der Waals surface area contributed by atoms with E-state index in [1.54, 1.807) is 6.33 Å². The van der Waals surface area contributed by atoms with Crippen molar-refractivity contribution in [1.82, 2.24) is 19.5 Å². The second kappa shape index (κ2) is 7.00. The van der Waals surface area contributed by atoms with Gasteiger partial charge in [-0.05, 0) is 16.7 Å². The van der Waals surface area contributed by atoms with Gasteiger partial charge in [0.25, 0.3) is 5.56 Å². The van der Waals surface area contributed by atoms with Gasteiger partial charge in [0.15, 0.2) is 11.2 Å². The molecule has 0 unspecified atom stereocenters. The fourth-order valence-electron chi connectivity index (χ4n) is 4.13. The Hall–Kier alpha value is -4.19. The highest BCUT2D eigenvalue weighted by Gasteiger charge is 2.40. The Balaban J connectivity index is 1.99. The van der Waals surface area contributed by atoms with Crippen molar-refractivity contribution in [2.75, 3.05) is 5.73 Å². The first-order valence-electron chi connectivity index (χ1n) is 9.61. The van der Waals surface area contributed by atoms with Crippen LogP contribution in [0, 0.1) is 0 Å². The van der Waals surface area contributed by atoms with Gasteiger partial charge in [-0.15, -0.1) is 0 Å². The maximum atomic E-state index is 12.5. The van der Waals surface area contributed by atoms with Crippen LogP contribution in [-0.4, -0.2) is 19.5 Å². The minimum atomic E-state index is -0.800. The summed E-state index contributed by atoms with van der Waals surface area (Å²) >= 11 is 0. The highest BCUT2D eigenvalue weighted by Crippen LogP contribution is 2.41. The van der Waals surface area contributed by atoms with E-state index in [2.05, 4.69) is 51.4 Å². The number of imidazole rings is 1. The van der Waals surface area contributed by atoms with Gasteiger partial charge in [-0.25, -0.2) is 4.98 Å².